The van der Waals surface area contributed by atoms with E-state index in [0.29, 0.717) is 12.5 Å². The highest BCUT2D eigenvalue weighted by molar-refractivity contribution is 9.10. The summed E-state index contributed by atoms with van der Waals surface area (Å²) in [5.74, 6) is 2.13. The van der Waals surface area contributed by atoms with Crippen LogP contribution in [0.2, 0.25) is 0 Å². The van der Waals surface area contributed by atoms with E-state index in [-0.39, 0.29) is 0 Å². The molecule has 112 valence electrons. The number of benzene rings is 1. The minimum atomic E-state index is 0.567. The Morgan fingerprint density at radius 3 is 2.75 bits per heavy atom. The molecule has 0 aromatic heterocycles. The lowest BCUT2D eigenvalue weighted by Gasteiger charge is -2.23. The van der Waals surface area contributed by atoms with Gasteiger partial charge in [0.2, 0.25) is 0 Å². The molecule has 0 amide bonds. The molecule has 2 rings (SSSR count). The van der Waals surface area contributed by atoms with Gasteiger partial charge < -0.3 is 19.5 Å². The zero-order valence-corrected chi connectivity index (χ0v) is 13.7. The van der Waals surface area contributed by atoms with Gasteiger partial charge in [0.25, 0.3) is 0 Å². The number of hydrogen-bond donors (Lipinski definition) is 1. The third-order valence-electron chi connectivity index (χ3n) is 3.47. The van der Waals surface area contributed by atoms with Gasteiger partial charge in [-0.25, -0.2) is 0 Å². The molecule has 1 aromatic rings. The summed E-state index contributed by atoms with van der Waals surface area (Å²) < 4.78 is 17.7. The Kier molecular flexibility index (Phi) is 6.13. The van der Waals surface area contributed by atoms with Crippen molar-refractivity contribution >= 4 is 15.9 Å². The van der Waals surface area contributed by atoms with Crippen molar-refractivity contribution < 1.29 is 14.2 Å². The van der Waals surface area contributed by atoms with Gasteiger partial charge in [-0.05, 0) is 59.4 Å². The van der Waals surface area contributed by atoms with Crippen LogP contribution in [0.5, 0.6) is 11.5 Å². The molecule has 1 aliphatic rings. The third-order valence-corrected chi connectivity index (χ3v) is 4.06. The lowest BCUT2D eigenvalue weighted by molar-refractivity contribution is 0.0492. The topological polar surface area (TPSA) is 39.7 Å². The van der Waals surface area contributed by atoms with Crippen LogP contribution in [0.4, 0.5) is 0 Å². The van der Waals surface area contributed by atoms with Crippen LogP contribution in [-0.4, -0.2) is 34.0 Å². The molecular formula is C15H22BrNO3. The van der Waals surface area contributed by atoms with Crippen LogP contribution < -0.4 is 14.8 Å². The molecule has 1 aromatic carbocycles. The van der Waals surface area contributed by atoms with E-state index in [1.807, 2.05) is 13.1 Å². The number of rotatable bonds is 6. The van der Waals surface area contributed by atoms with Crippen molar-refractivity contribution in [3.63, 3.8) is 0 Å². The second-order valence-corrected chi connectivity index (χ2v) is 5.86. The molecule has 1 aliphatic heterocycles. The highest BCUT2D eigenvalue weighted by Gasteiger charge is 2.17. The van der Waals surface area contributed by atoms with E-state index in [4.69, 9.17) is 14.2 Å². The van der Waals surface area contributed by atoms with Gasteiger partial charge in [-0.3, -0.25) is 0 Å². The summed E-state index contributed by atoms with van der Waals surface area (Å²) in [5.41, 5.74) is 1.16. The Hall–Kier alpha value is -0.780. The van der Waals surface area contributed by atoms with Crippen molar-refractivity contribution in [3.05, 3.63) is 22.2 Å². The van der Waals surface area contributed by atoms with E-state index in [9.17, 15) is 0 Å². The monoisotopic (exact) mass is 343 g/mol. The Morgan fingerprint density at radius 2 is 2.10 bits per heavy atom. The fourth-order valence-corrected chi connectivity index (χ4v) is 2.94. The molecule has 20 heavy (non-hydrogen) atoms. The van der Waals surface area contributed by atoms with Crippen molar-refractivity contribution in [1.82, 2.24) is 5.32 Å². The van der Waals surface area contributed by atoms with Gasteiger partial charge >= 0.3 is 0 Å². The lowest BCUT2D eigenvalue weighted by atomic mass is 10.0. The molecule has 0 spiro atoms. The summed E-state index contributed by atoms with van der Waals surface area (Å²) >= 11 is 3.58. The molecular weight excluding hydrogens is 322 g/mol. The summed E-state index contributed by atoms with van der Waals surface area (Å²) in [7, 11) is 3.60. The van der Waals surface area contributed by atoms with E-state index in [1.165, 1.54) is 0 Å². The summed E-state index contributed by atoms with van der Waals surface area (Å²) in [6, 6.07) is 4.08. The van der Waals surface area contributed by atoms with Crippen molar-refractivity contribution in [1.29, 1.82) is 0 Å². The van der Waals surface area contributed by atoms with Crippen LogP contribution in [0.15, 0.2) is 16.6 Å². The van der Waals surface area contributed by atoms with E-state index >= 15 is 0 Å². The predicted octanol–water partition coefficient (Wildman–Crippen LogP) is 2.98. The molecule has 5 heteroatoms. The van der Waals surface area contributed by atoms with Crippen LogP contribution in [0.3, 0.4) is 0 Å². The molecule has 0 aliphatic carbocycles. The highest BCUT2D eigenvalue weighted by atomic mass is 79.9. The molecule has 4 nitrogen and oxygen atoms in total. The maximum absolute atomic E-state index is 5.98. The van der Waals surface area contributed by atoms with Crippen molar-refractivity contribution in [2.75, 3.05) is 34.0 Å². The first-order chi connectivity index (χ1) is 9.74. The Bertz CT molecular complexity index is 433. The molecule has 0 unspecified atom stereocenters. The third kappa shape index (κ3) is 4.11. The largest absolute Gasteiger partial charge is 0.493 e. The summed E-state index contributed by atoms with van der Waals surface area (Å²) in [6.07, 6.45) is 2.13. The number of hydrogen-bond acceptors (Lipinski definition) is 4. The van der Waals surface area contributed by atoms with E-state index in [0.717, 1.165) is 54.1 Å². The molecule has 1 fully saturated rings. The first-order valence-electron chi connectivity index (χ1n) is 6.96. The number of ether oxygens (including phenoxy) is 3. The van der Waals surface area contributed by atoms with Gasteiger partial charge in [0.05, 0.1) is 18.2 Å². The highest BCUT2D eigenvalue weighted by Crippen LogP contribution is 2.37. The predicted molar refractivity (Wildman–Crippen MR) is 82.5 cm³/mol. The molecule has 1 N–H and O–H groups in total. The maximum Gasteiger partial charge on any atom is 0.175 e. The molecule has 0 radical (unpaired) electrons. The molecule has 0 saturated carbocycles. The van der Waals surface area contributed by atoms with Crippen LogP contribution in [-0.2, 0) is 11.3 Å². The van der Waals surface area contributed by atoms with Gasteiger partial charge in [-0.15, -0.1) is 0 Å². The van der Waals surface area contributed by atoms with Crippen LogP contribution in [0.1, 0.15) is 18.4 Å². The normalized spacial score (nSPS) is 16.1. The lowest BCUT2D eigenvalue weighted by Crippen LogP contribution is -2.21. The maximum atomic E-state index is 5.98. The SMILES string of the molecule is CNCc1cc(Br)c(OCC2CCOCC2)c(OC)c1. The van der Waals surface area contributed by atoms with E-state index in [2.05, 4.69) is 27.3 Å². The Labute approximate surface area is 128 Å². The zero-order chi connectivity index (χ0) is 14.4. The Morgan fingerprint density at radius 1 is 1.35 bits per heavy atom. The Balaban J connectivity index is 2.05. The average Bonchev–Trinajstić information content (AvgIpc) is 2.47. The standard InChI is InChI=1S/C15H22BrNO3/c1-17-9-12-7-13(16)15(14(8-12)18-2)20-10-11-3-5-19-6-4-11/h7-8,11,17H,3-6,9-10H2,1-2H3. The van der Waals surface area contributed by atoms with Crippen molar-refractivity contribution in [2.24, 2.45) is 5.92 Å². The molecule has 1 saturated heterocycles. The number of methoxy groups -OCH3 is 1. The van der Waals surface area contributed by atoms with Crippen molar-refractivity contribution in [2.45, 2.75) is 19.4 Å². The summed E-state index contributed by atoms with van der Waals surface area (Å²) in [4.78, 5) is 0. The van der Waals surface area contributed by atoms with Gasteiger partial charge in [-0.1, -0.05) is 0 Å². The summed E-state index contributed by atoms with van der Waals surface area (Å²) in [5, 5.41) is 3.13. The van der Waals surface area contributed by atoms with Gasteiger partial charge in [0.15, 0.2) is 11.5 Å². The molecule has 1 heterocycles. The minimum Gasteiger partial charge on any atom is -0.493 e. The number of halogens is 1. The van der Waals surface area contributed by atoms with Crippen molar-refractivity contribution in [3.8, 4) is 11.5 Å². The van der Waals surface area contributed by atoms with Gasteiger partial charge in [0.1, 0.15) is 0 Å². The molecule has 0 atom stereocenters. The minimum absolute atomic E-state index is 0.567. The van der Waals surface area contributed by atoms with Crippen LogP contribution >= 0.6 is 15.9 Å². The van der Waals surface area contributed by atoms with Crippen LogP contribution in [0, 0.1) is 5.92 Å². The fourth-order valence-electron chi connectivity index (χ4n) is 2.33. The quantitative estimate of drug-likeness (QED) is 0.861. The smallest absolute Gasteiger partial charge is 0.175 e. The first kappa shape index (κ1) is 15.6. The second-order valence-electron chi connectivity index (χ2n) is 5.01. The summed E-state index contributed by atoms with van der Waals surface area (Å²) in [6.45, 7) is 3.19. The average molecular weight is 344 g/mol. The molecule has 0 bridgehead atoms. The number of nitrogens with one attached hydrogen (secondary N) is 1. The van der Waals surface area contributed by atoms with Crippen LogP contribution in [0.25, 0.3) is 0 Å². The fraction of sp³-hybridized carbons (Fsp3) is 0.600. The van der Waals surface area contributed by atoms with E-state index < -0.39 is 0 Å². The zero-order valence-electron chi connectivity index (χ0n) is 12.1. The van der Waals surface area contributed by atoms with E-state index in [1.54, 1.807) is 7.11 Å². The second kappa shape index (κ2) is 7.86. The van der Waals surface area contributed by atoms with Gasteiger partial charge in [-0.2, -0.15) is 0 Å². The van der Waals surface area contributed by atoms with Gasteiger partial charge in [0, 0.05) is 19.8 Å². The first-order valence-corrected chi connectivity index (χ1v) is 7.75.